The molecule has 1 atom stereocenters. The van der Waals surface area contributed by atoms with Crippen molar-refractivity contribution >= 4 is 22.5 Å². The van der Waals surface area contributed by atoms with E-state index < -0.39 is 0 Å². The summed E-state index contributed by atoms with van der Waals surface area (Å²) in [6.45, 7) is 1.97. The Bertz CT molecular complexity index is 784. The standard InChI is InChI=1S/C19H18N2O/c1-14(15-7-3-2-4-8-15)20-19(22)21-18-12-11-16-9-5-6-10-17(16)13-18/h2-14H,1H3,(H2,20,21,22). The van der Waals surface area contributed by atoms with E-state index in [9.17, 15) is 4.79 Å². The predicted molar refractivity (Wildman–Crippen MR) is 91.0 cm³/mol. The highest BCUT2D eigenvalue weighted by molar-refractivity contribution is 5.93. The number of amides is 2. The lowest BCUT2D eigenvalue weighted by Crippen LogP contribution is -2.31. The molecule has 0 spiro atoms. The van der Waals surface area contributed by atoms with Gasteiger partial charge < -0.3 is 10.6 Å². The molecule has 22 heavy (non-hydrogen) atoms. The topological polar surface area (TPSA) is 41.1 Å². The lowest BCUT2D eigenvalue weighted by molar-refractivity contribution is 0.249. The smallest absolute Gasteiger partial charge is 0.319 e. The van der Waals surface area contributed by atoms with E-state index in [1.807, 2.05) is 73.7 Å². The first-order valence-electron chi connectivity index (χ1n) is 7.33. The number of carbonyl (C=O) groups excluding carboxylic acids is 1. The van der Waals surface area contributed by atoms with Crippen molar-refractivity contribution in [3.8, 4) is 0 Å². The molecule has 0 radical (unpaired) electrons. The number of urea groups is 1. The average Bonchev–Trinajstić information content (AvgIpc) is 2.55. The van der Waals surface area contributed by atoms with Crippen molar-refractivity contribution in [3.05, 3.63) is 78.4 Å². The van der Waals surface area contributed by atoms with Gasteiger partial charge >= 0.3 is 6.03 Å². The molecule has 3 nitrogen and oxygen atoms in total. The van der Waals surface area contributed by atoms with Gasteiger partial charge in [-0.3, -0.25) is 0 Å². The van der Waals surface area contributed by atoms with Crippen LogP contribution in [-0.2, 0) is 0 Å². The highest BCUT2D eigenvalue weighted by atomic mass is 16.2. The summed E-state index contributed by atoms with van der Waals surface area (Å²) in [4.78, 5) is 12.1. The molecule has 0 saturated heterocycles. The molecule has 0 saturated carbocycles. The zero-order valence-electron chi connectivity index (χ0n) is 12.4. The van der Waals surface area contributed by atoms with Crippen molar-refractivity contribution in [2.75, 3.05) is 5.32 Å². The third-order valence-electron chi connectivity index (χ3n) is 3.65. The van der Waals surface area contributed by atoms with E-state index in [-0.39, 0.29) is 12.1 Å². The summed E-state index contributed by atoms with van der Waals surface area (Å²) >= 11 is 0. The molecule has 3 rings (SSSR count). The van der Waals surface area contributed by atoms with E-state index >= 15 is 0 Å². The Morgan fingerprint density at radius 1 is 0.864 bits per heavy atom. The van der Waals surface area contributed by atoms with Gasteiger partial charge in [0.2, 0.25) is 0 Å². The Balaban J connectivity index is 1.68. The molecule has 1 unspecified atom stereocenters. The first-order valence-corrected chi connectivity index (χ1v) is 7.33. The molecular weight excluding hydrogens is 272 g/mol. The van der Waals surface area contributed by atoms with Crippen molar-refractivity contribution in [1.82, 2.24) is 5.32 Å². The molecule has 0 aliphatic heterocycles. The molecule has 0 heterocycles. The van der Waals surface area contributed by atoms with Crippen molar-refractivity contribution in [3.63, 3.8) is 0 Å². The van der Waals surface area contributed by atoms with Gasteiger partial charge in [-0.2, -0.15) is 0 Å². The highest BCUT2D eigenvalue weighted by Crippen LogP contribution is 2.19. The Morgan fingerprint density at radius 3 is 2.32 bits per heavy atom. The lowest BCUT2D eigenvalue weighted by Gasteiger charge is -2.15. The van der Waals surface area contributed by atoms with Crippen LogP contribution in [0.25, 0.3) is 10.8 Å². The monoisotopic (exact) mass is 290 g/mol. The second-order valence-electron chi connectivity index (χ2n) is 5.29. The van der Waals surface area contributed by atoms with Crippen molar-refractivity contribution in [1.29, 1.82) is 0 Å². The van der Waals surface area contributed by atoms with E-state index in [1.54, 1.807) is 0 Å². The highest BCUT2D eigenvalue weighted by Gasteiger charge is 2.09. The van der Waals surface area contributed by atoms with Gasteiger partial charge in [-0.1, -0.05) is 60.7 Å². The van der Waals surface area contributed by atoms with Gasteiger partial charge in [0, 0.05) is 5.69 Å². The van der Waals surface area contributed by atoms with E-state index in [0.29, 0.717) is 0 Å². The number of rotatable bonds is 3. The van der Waals surface area contributed by atoms with Gasteiger partial charge in [0.05, 0.1) is 6.04 Å². The average molecular weight is 290 g/mol. The molecule has 110 valence electrons. The molecule has 0 aliphatic carbocycles. The second-order valence-corrected chi connectivity index (χ2v) is 5.29. The van der Waals surface area contributed by atoms with Crippen molar-refractivity contribution in [2.24, 2.45) is 0 Å². The van der Waals surface area contributed by atoms with Gasteiger partial charge in [-0.25, -0.2) is 4.79 Å². The van der Waals surface area contributed by atoms with Crippen LogP contribution in [0.2, 0.25) is 0 Å². The summed E-state index contributed by atoms with van der Waals surface area (Å²) in [5.74, 6) is 0. The second kappa shape index (κ2) is 6.31. The first kappa shape index (κ1) is 14.1. The quantitative estimate of drug-likeness (QED) is 0.720. The van der Waals surface area contributed by atoms with E-state index in [1.165, 1.54) is 0 Å². The Hall–Kier alpha value is -2.81. The van der Waals surface area contributed by atoms with Crippen LogP contribution in [-0.4, -0.2) is 6.03 Å². The maximum Gasteiger partial charge on any atom is 0.319 e. The van der Waals surface area contributed by atoms with E-state index in [2.05, 4.69) is 16.7 Å². The molecule has 2 N–H and O–H groups in total. The number of hydrogen-bond acceptors (Lipinski definition) is 1. The summed E-state index contributed by atoms with van der Waals surface area (Å²) in [7, 11) is 0. The Labute approximate surface area is 130 Å². The summed E-state index contributed by atoms with van der Waals surface area (Å²) in [6, 6.07) is 23.6. The van der Waals surface area contributed by atoms with Crippen molar-refractivity contribution < 1.29 is 4.79 Å². The lowest BCUT2D eigenvalue weighted by atomic mass is 10.1. The summed E-state index contributed by atoms with van der Waals surface area (Å²) in [5, 5.41) is 8.09. The summed E-state index contributed by atoms with van der Waals surface area (Å²) in [6.07, 6.45) is 0. The summed E-state index contributed by atoms with van der Waals surface area (Å²) in [5.41, 5.74) is 1.87. The van der Waals surface area contributed by atoms with Crippen LogP contribution in [0.1, 0.15) is 18.5 Å². The van der Waals surface area contributed by atoms with Crippen LogP contribution in [0.5, 0.6) is 0 Å². The first-order chi connectivity index (χ1) is 10.7. The number of hydrogen-bond donors (Lipinski definition) is 2. The molecule has 3 heteroatoms. The number of nitrogens with one attached hydrogen (secondary N) is 2. The number of benzene rings is 3. The maximum atomic E-state index is 12.1. The fourth-order valence-electron chi connectivity index (χ4n) is 2.46. The normalized spacial score (nSPS) is 11.9. The molecule has 0 aliphatic rings. The zero-order chi connectivity index (χ0) is 15.4. The van der Waals surface area contributed by atoms with Gasteiger partial charge in [0.15, 0.2) is 0 Å². The zero-order valence-corrected chi connectivity index (χ0v) is 12.4. The molecule has 3 aromatic carbocycles. The number of fused-ring (bicyclic) bond motifs is 1. The minimum atomic E-state index is -0.202. The van der Waals surface area contributed by atoms with E-state index in [0.717, 1.165) is 22.0 Å². The number of anilines is 1. The fraction of sp³-hybridized carbons (Fsp3) is 0.105. The van der Waals surface area contributed by atoms with E-state index in [4.69, 9.17) is 0 Å². The number of carbonyl (C=O) groups is 1. The molecule has 2 amide bonds. The maximum absolute atomic E-state index is 12.1. The van der Waals surface area contributed by atoms with Crippen LogP contribution in [0.15, 0.2) is 72.8 Å². The fourth-order valence-corrected chi connectivity index (χ4v) is 2.46. The van der Waals surface area contributed by atoms with Crippen LogP contribution >= 0.6 is 0 Å². The van der Waals surface area contributed by atoms with Gasteiger partial charge in [0.1, 0.15) is 0 Å². The molecule has 0 bridgehead atoms. The van der Waals surface area contributed by atoms with Crippen LogP contribution in [0, 0.1) is 0 Å². The predicted octanol–water partition coefficient (Wildman–Crippen LogP) is 4.72. The van der Waals surface area contributed by atoms with Gasteiger partial charge in [0.25, 0.3) is 0 Å². The summed E-state index contributed by atoms with van der Waals surface area (Å²) < 4.78 is 0. The Morgan fingerprint density at radius 2 is 1.55 bits per heavy atom. The van der Waals surface area contributed by atoms with Gasteiger partial charge in [-0.15, -0.1) is 0 Å². The van der Waals surface area contributed by atoms with Gasteiger partial charge in [-0.05, 0) is 35.4 Å². The minimum Gasteiger partial charge on any atom is -0.331 e. The SMILES string of the molecule is CC(NC(=O)Nc1ccc2ccccc2c1)c1ccccc1. The minimum absolute atomic E-state index is 0.0401. The Kier molecular flexibility index (Phi) is 4.05. The van der Waals surface area contributed by atoms with Crippen LogP contribution < -0.4 is 10.6 Å². The largest absolute Gasteiger partial charge is 0.331 e. The van der Waals surface area contributed by atoms with Crippen LogP contribution in [0.4, 0.5) is 10.5 Å². The molecular formula is C19H18N2O. The molecule has 0 aromatic heterocycles. The van der Waals surface area contributed by atoms with Crippen molar-refractivity contribution in [2.45, 2.75) is 13.0 Å². The molecule has 0 fully saturated rings. The third kappa shape index (κ3) is 3.26. The molecule has 3 aromatic rings. The van der Waals surface area contributed by atoms with Crippen LogP contribution in [0.3, 0.4) is 0 Å². The third-order valence-corrected chi connectivity index (χ3v) is 3.65.